The summed E-state index contributed by atoms with van der Waals surface area (Å²) in [6.07, 6.45) is 3.31. The van der Waals surface area contributed by atoms with Gasteiger partial charge in [-0.25, -0.2) is 13.1 Å². The zero-order valence-corrected chi connectivity index (χ0v) is 16.0. The number of carbonyl (C=O) groups is 2. The Hall–Kier alpha value is -3.72. The number of para-hydroxylation sites is 1. The molecule has 0 fully saturated rings. The summed E-state index contributed by atoms with van der Waals surface area (Å²) in [5.41, 5.74) is -0.212. The normalized spacial score (nSPS) is 11.6. The minimum atomic E-state index is -3.71. The van der Waals surface area contributed by atoms with Gasteiger partial charge in [-0.3, -0.25) is 14.4 Å². The zero-order valence-electron chi connectivity index (χ0n) is 15.2. The Balaban J connectivity index is 1.90. The summed E-state index contributed by atoms with van der Waals surface area (Å²) in [7, 11) is -3.71. The van der Waals surface area contributed by atoms with Crippen molar-refractivity contribution in [1.82, 2.24) is 9.71 Å². The number of aromatic amines is 1. The van der Waals surface area contributed by atoms with Gasteiger partial charge in [0, 0.05) is 10.9 Å². The Morgan fingerprint density at radius 3 is 2.55 bits per heavy atom. The van der Waals surface area contributed by atoms with Crippen molar-refractivity contribution >= 4 is 38.7 Å². The van der Waals surface area contributed by atoms with E-state index in [1.807, 2.05) is 4.72 Å². The predicted molar refractivity (Wildman–Crippen MR) is 108 cm³/mol. The molecule has 3 N–H and O–H groups in total. The van der Waals surface area contributed by atoms with E-state index >= 15 is 0 Å². The summed E-state index contributed by atoms with van der Waals surface area (Å²) >= 11 is 0. The molecular weight excluding hydrogens is 396 g/mol. The molecule has 1 heterocycles. The molecule has 0 atom stereocenters. The number of aromatic hydroxyl groups is 1. The van der Waals surface area contributed by atoms with Gasteiger partial charge in [-0.15, -0.1) is 0 Å². The largest absolute Gasteiger partial charge is 0.506 e. The summed E-state index contributed by atoms with van der Waals surface area (Å²) in [4.78, 5) is 39.2. The lowest BCUT2D eigenvalue weighted by molar-refractivity contribution is 0.0980. The number of aromatic nitrogens is 1. The van der Waals surface area contributed by atoms with Crippen molar-refractivity contribution in [1.29, 1.82) is 0 Å². The van der Waals surface area contributed by atoms with Gasteiger partial charge in [0.15, 0.2) is 5.78 Å². The first-order chi connectivity index (χ1) is 13.7. The third-order valence-corrected chi connectivity index (χ3v) is 4.55. The van der Waals surface area contributed by atoms with Crippen LogP contribution >= 0.6 is 0 Å². The number of ketones is 1. The lowest BCUT2D eigenvalue weighted by atomic mass is 10.1. The first-order valence-corrected chi connectivity index (χ1v) is 10.2. The maximum atomic E-state index is 12.5. The van der Waals surface area contributed by atoms with Crippen LogP contribution in [0.3, 0.4) is 0 Å². The van der Waals surface area contributed by atoms with Crippen LogP contribution in [-0.4, -0.2) is 36.5 Å². The number of pyridine rings is 1. The fraction of sp³-hybridized carbons (Fsp3) is 0.0500. The number of allylic oxidation sites excluding steroid dienone is 1. The monoisotopic (exact) mass is 412 g/mol. The Labute approximate surface area is 165 Å². The Bertz CT molecular complexity index is 1320. The first kappa shape index (κ1) is 20.0. The van der Waals surface area contributed by atoms with Crippen LogP contribution in [0.15, 0.2) is 59.4 Å². The van der Waals surface area contributed by atoms with E-state index in [1.165, 1.54) is 24.3 Å². The van der Waals surface area contributed by atoms with E-state index in [9.17, 15) is 27.9 Å². The fourth-order valence-electron chi connectivity index (χ4n) is 2.72. The Morgan fingerprint density at radius 2 is 1.83 bits per heavy atom. The van der Waals surface area contributed by atoms with Gasteiger partial charge >= 0.3 is 0 Å². The van der Waals surface area contributed by atoms with E-state index in [-0.39, 0.29) is 5.56 Å². The van der Waals surface area contributed by atoms with Crippen LogP contribution in [0.25, 0.3) is 17.0 Å². The van der Waals surface area contributed by atoms with E-state index in [0.29, 0.717) is 16.5 Å². The van der Waals surface area contributed by atoms with Gasteiger partial charge < -0.3 is 10.1 Å². The molecule has 3 rings (SSSR count). The maximum Gasteiger partial charge on any atom is 0.264 e. The number of hydrogen-bond acceptors (Lipinski definition) is 6. The number of H-pyrrole nitrogens is 1. The average Bonchev–Trinajstić information content (AvgIpc) is 2.65. The average molecular weight is 412 g/mol. The van der Waals surface area contributed by atoms with Crippen molar-refractivity contribution in [2.75, 3.05) is 6.26 Å². The van der Waals surface area contributed by atoms with Gasteiger partial charge in [-0.1, -0.05) is 30.3 Å². The second-order valence-electron chi connectivity index (χ2n) is 6.25. The minimum Gasteiger partial charge on any atom is -0.506 e. The van der Waals surface area contributed by atoms with Crippen molar-refractivity contribution in [3.63, 3.8) is 0 Å². The SMILES string of the molecule is CS(=O)(=O)NC(=O)c1cccc(C=CC(=O)c2c(O)c3ccccc3[nH]c2=O)c1. The maximum absolute atomic E-state index is 12.5. The van der Waals surface area contributed by atoms with Crippen LogP contribution in [-0.2, 0) is 10.0 Å². The number of carbonyl (C=O) groups excluding carboxylic acids is 2. The molecule has 9 heteroatoms. The van der Waals surface area contributed by atoms with E-state index in [0.717, 1.165) is 12.3 Å². The summed E-state index contributed by atoms with van der Waals surface area (Å²) in [6, 6.07) is 12.4. The van der Waals surface area contributed by atoms with Crippen molar-refractivity contribution in [3.8, 4) is 5.75 Å². The Kier molecular flexibility index (Phi) is 5.33. The highest BCUT2D eigenvalue weighted by molar-refractivity contribution is 7.89. The van der Waals surface area contributed by atoms with Crippen molar-refractivity contribution < 1.29 is 23.1 Å². The molecule has 2 aromatic carbocycles. The summed E-state index contributed by atoms with van der Waals surface area (Å²) < 4.78 is 24.2. The van der Waals surface area contributed by atoms with Gasteiger partial charge in [0.1, 0.15) is 11.3 Å². The van der Waals surface area contributed by atoms with E-state index in [1.54, 1.807) is 30.3 Å². The van der Waals surface area contributed by atoms with Crippen LogP contribution in [0.4, 0.5) is 0 Å². The van der Waals surface area contributed by atoms with E-state index in [2.05, 4.69) is 4.98 Å². The number of hydrogen-bond donors (Lipinski definition) is 3. The lowest BCUT2D eigenvalue weighted by Crippen LogP contribution is -2.29. The topological polar surface area (TPSA) is 133 Å². The standard InChI is InChI=1S/C20H16N2O6S/c1-29(27,28)22-19(25)13-6-4-5-12(11-13)9-10-16(23)17-18(24)14-7-2-3-8-15(14)21-20(17)26/h2-11H,1H3,(H,22,25)(H2,21,24,26). The molecule has 1 aromatic heterocycles. The van der Waals surface area contributed by atoms with Gasteiger partial charge in [0.25, 0.3) is 11.5 Å². The molecule has 0 saturated heterocycles. The summed E-state index contributed by atoms with van der Waals surface area (Å²) in [5.74, 6) is -1.95. The fourth-order valence-corrected chi connectivity index (χ4v) is 3.17. The molecule has 148 valence electrons. The molecule has 0 aliphatic heterocycles. The number of rotatable bonds is 5. The molecule has 29 heavy (non-hydrogen) atoms. The van der Waals surface area contributed by atoms with Gasteiger partial charge in [-0.2, -0.15) is 0 Å². The van der Waals surface area contributed by atoms with Crippen LogP contribution in [0.5, 0.6) is 5.75 Å². The molecule has 3 aromatic rings. The van der Waals surface area contributed by atoms with Crippen molar-refractivity contribution in [2.24, 2.45) is 0 Å². The molecular formula is C20H16N2O6S. The first-order valence-electron chi connectivity index (χ1n) is 8.34. The molecule has 8 nitrogen and oxygen atoms in total. The Morgan fingerprint density at radius 1 is 1.10 bits per heavy atom. The highest BCUT2D eigenvalue weighted by Crippen LogP contribution is 2.25. The van der Waals surface area contributed by atoms with Gasteiger partial charge in [-0.05, 0) is 35.9 Å². The van der Waals surface area contributed by atoms with Crippen molar-refractivity contribution in [2.45, 2.75) is 0 Å². The van der Waals surface area contributed by atoms with Crippen molar-refractivity contribution in [3.05, 3.63) is 81.7 Å². The highest BCUT2D eigenvalue weighted by Gasteiger charge is 2.17. The molecule has 0 aliphatic carbocycles. The molecule has 0 radical (unpaired) electrons. The number of fused-ring (bicyclic) bond motifs is 1. The molecule has 1 amide bonds. The second kappa shape index (κ2) is 7.72. The third kappa shape index (κ3) is 4.58. The molecule has 0 saturated carbocycles. The smallest absolute Gasteiger partial charge is 0.264 e. The predicted octanol–water partition coefficient (Wildman–Crippen LogP) is 1.82. The quantitative estimate of drug-likeness (QED) is 0.432. The number of amides is 1. The third-order valence-electron chi connectivity index (χ3n) is 3.99. The van der Waals surface area contributed by atoms with Gasteiger partial charge in [0.05, 0.1) is 11.8 Å². The van der Waals surface area contributed by atoms with E-state index < -0.39 is 38.6 Å². The molecule has 0 bridgehead atoms. The number of sulfonamides is 1. The van der Waals surface area contributed by atoms with Crippen LogP contribution in [0, 0.1) is 0 Å². The van der Waals surface area contributed by atoms with Crippen LogP contribution < -0.4 is 10.3 Å². The molecule has 0 spiro atoms. The van der Waals surface area contributed by atoms with Crippen LogP contribution in [0.1, 0.15) is 26.3 Å². The van der Waals surface area contributed by atoms with Gasteiger partial charge in [0.2, 0.25) is 10.0 Å². The zero-order chi connectivity index (χ0) is 21.2. The number of nitrogens with one attached hydrogen (secondary N) is 2. The number of benzene rings is 2. The lowest BCUT2D eigenvalue weighted by Gasteiger charge is -2.05. The molecule has 0 aliphatic rings. The summed E-state index contributed by atoms with van der Waals surface area (Å²) in [5, 5.41) is 10.7. The molecule has 0 unspecified atom stereocenters. The van der Waals surface area contributed by atoms with E-state index in [4.69, 9.17) is 0 Å². The highest BCUT2D eigenvalue weighted by atomic mass is 32.2. The summed E-state index contributed by atoms with van der Waals surface area (Å²) in [6.45, 7) is 0. The van der Waals surface area contributed by atoms with Crippen LogP contribution in [0.2, 0.25) is 0 Å². The minimum absolute atomic E-state index is 0.0800. The second-order valence-corrected chi connectivity index (χ2v) is 8.00.